The van der Waals surface area contributed by atoms with Gasteiger partial charge in [0.2, 0.25) is 5.91 Å². The van der Waals surface area contributed by atoms with Gasteiger partial charge in [-0.2, -0.15) is 13.2 Å². The second-order valence-electron chi connectivity index (χ2n) is 6.34. The third kappa shape index (κ3) is 6.33. The van der Waals surface area contributed by atoms with Gasteiger partial charge < -0.3 is 19.9 Å². The summed E-state index contributed by atoms with van der Waals surface area (Å²) in [5, 5.41) is 11.0. The van der Waals surface area contributed by atoms with E-state index < -0.39 is 35.9 Å². The molecule has 0 saturated carbocycles. The highest BCUT2D eigenvalue weighted by Crippen LogP contribution is 2.34. The Kier molecular flexibility index (Phi) is 7.50. The van der Waals surface area contributed by atoms with E-state index in [1.54, 1.807) is 32.0 Å². The molecule has 152 valence electrons. The molecule has 27 heavy (non-hydrogen) atoms. The van der Waals surface area contributed by atoms with E-state index in [1.807, 2.05) is 5.32 Å². The minimum atomic E-state index is -4.72. The van der Waals surface area contributed by atoms with Crippen molar-refractivity contribution in [2.75, 3.05) is 13.2 Å². The van der Waals surface area contributed by atoms with Gasteiger partial charge in [0.05, 0.1) is 25.0 Å². The molecule has 0 aliphatic rings. The first kappa shape index (κ1) is 22.6. The Balaban J connectivity index is 3.11. The molecule has 1 aromatic rings. The van der Waals surface area contributed by atoms with Crippen LogP contribution in [0.4, 0.5) is 13.2 Å². The molecular weight excluding hydrogens is 367 g/mol. The van der Waals surface area contributed by atoms with Crippen molar-refractivity contribution in [2.24, 2.45) is 0 Å². The average Bonchev–Trinajstić information content (AvgIpc) is 2.54. The highest BCUT2D eigenvalue weighted by molar-refractivity contribution is 5.91. The van der Waals surface area contributed by atoms with Crippen LogP contribution >= 0.6 is 0 Å². The molecule has 9 heteroatoms. The molecule has 0 aromatic heterocycles. The molecule has 1 atom stereocenters. The van der Waals surface area contributed by atoms with Crippen LogP contribution in [0.5, 0.6) is 11.5 Å². The molecule has 1 unspecified atom stereocenters. The fourth-order valence-electron chi connectivity index (χ4n) is 2.34. The van der Waals surface area contributed by atoms with Crippen molar-refractivity contribution in [3.8, 4) is 11.5 Å². The van der Waals surface area contributed by atoms with Gasteiger partial charge in [-0.05, 0) is 45.4 Å². The van der Waals surface area contributed by atoms with Crippen molar-refractivity contribution < 1.29 is 37.3 Å². The van der Waals surface area contributed by atoms with E-state index in [0.29, 0.717) is 30.3 Å². The summed E-state index contributed by atoms with van der Waals surface area (Å²) < 4.78 is 48.6. The highest BCUT2D eigenvalue weighted by Gasteiger charge is 2.39. The number of rotatable bonds is 9. The largest absolute Gasteiger partial charge is 0.490 e. The summed E-state index contributed by atoms with van der Waals surface area (Å²) in [5.41, 5.74) is -0.848. The van der Waals surface area contributed by atoms with Gasteiger partial charge in [-0.25, -0.2) is 4.79 Å². The number of carbonyl (C=O) groups excluding carboxylic acids is 1. The lowest BCUT2D eigenvalue weighted by molar-refractivity contribution is -0.160. The van der Waals surface area contributed by atoms with E-state index in [9.17, 15) is 22.8 Å². The van der Waals surface area contributed by atoms with Gasteiger partial charge in [0, 0.05) is 0 Å². The molecule has 1 aromatic carbocycles. The van der Waals surface area contributed by atoms with Crippen molar-refractivity contribution in [1.29, 1.82) is 0 Å². The summed E-state index contributed by atoms with van der Waals surface area (Å²) in [7, 11) is 0. The Hall–Kier alpha value is -2.45. The molecule has 0 fully saturated rings. The van der Waals surface area contributed by atoms with Crippen LogP contribution in [0, 0.1) is 0 Å². The maximum atomic E-state index is 12.5. The van der Waals surface area contributed by atoms with Crippen LogP contribution in [0.3, 0.4) is 0 Å². The van der Waals surface area contributed by atoms with Gasteiger partial charge in [0.25, 0.3) is 0 Å². The number of halogens is 3. The highest BCUT2D eigenvalue weighted by atomic mass is 19.4. The quantitative estimate of drug-likeness (QED) is 0.675. The van der Waals surface area contributed by atoms with Crippen LogP contribution in [-0.4, -0.2) is 42.4 Å². The smallest absolute Gasteiger partial charge is 0.391 e. The average molecular weight is 391 g/mol. The summed E-state index contributed by atoms with van der Waals surface area (Å²) in [5.74, 6) is -1.73. The maximum absolute atomic E-state index is 12.5. The predicted octanol–water partition coefficient (Wildman–Crippen LogP) is 3.28. The van der Waals surface area contributed by atoms with E-state index in [0.717, 1.165) is 0 Å². The number of amides is 1. The number of hydrogen-bond acceptors (Lipinski definition) is 4. The zero-order valence-corrected chi connectivity index (χ0v) is 15.6. The summed E-state index contributed by atoms with van der Waals surface area (Å²) in [6.45, 7) is 7.30. The van der Waals surface area contributed by atoms with Gasteiger partial charge in [-0.15, -0.1) is 0 Å². The van der Waals surface area contributed by atoms with Crippen LogP contribution < -0.4 is 14.8 Å². The number of aliphatic carboxylic acids is 1. The zero-order valence-electron chi connectivity index (χ0n) is 15.6. The molecule has 1 rings (SSSR count). The van der Waals surface area contributed by atoms with E-state index in [2.05, 4.69) is 0 Å². The molecule has 0 spiro atoms. The van der Waals surface area contributed by atoms with Crippen molar-refractivity contribution in [1.82, 2.24) is 5.32 Å². The van der Waals surface area contributed by atoms with Crippen molar-refractivity contribution in [3.05, 3.63) is 23.8 Å². The second kappa shape index (κ2) is 8.96. The molecule has 0 radical (unpaired) electrons. The van der Waals surface area contributed by atoms with Gasteiger partial charge >= 0.3 is 12.1 Å². The molecule has 0 aliphatic carbocycles. The van der Waals surface area contributed by atoms with Gasteiger partial charge in [-0.3, -0.25) is 4.79 Å². The standard InChI is InChI=1S/C18H24F3NO5/c1-5-26-13-8-7-11(9-14(13)27-6-2)17(3,4)16(25)22-12(15(23)24)10-18(19,20)21/h7-9,12H,5-6,10H2,1-4H3,(H,22,25)(H,23,24). The number of nitrogens with one attached hydrogen (secondary N) is 1. The SMILES string of the molecule is CCOc1ccc(C(C)(C)C(=O)NC(CC(F)(F)F)C(=O)O)cc1OCC. The first-order valence-electron chi connectivity index (χ1n) is 8.43. The lowest BCUT2D eigenvalue weighted by Crippen LogP contribution is -2.49. The summed E-state index contributed by atoms with van der Waals surface area (Å²) >= 11 is 0. The van der Waals surface area contributed by atoms with E-state index in [4.69, 9.17) is 14.6 Å². The van der Waals surface area contributed by atoms with Crippen LogP contribution in [-0.2, 0) is 15.0 Å². The number of benzene rings is 1. The monoisotopic (exact) mass is 391 g/mol. The van der Waals surface area contributed by atoms with Gasteiger partial charge in [0.1, 0.15) is 6.04 Å². The predicted molar refractivity (Wildman–Crippen MR) is 92.0 cm³/mol. The molecule has 0 aliphatic heterocycles. The number of ether oxygens (including phenoxy) is 2. The Labute approximate surface area is 155 Å². The fourth-order valence-corrected chi connectivity index (χ4v) is 2.34. The summed E-state index contributed by atoms with van der Waals surface area (Å²) in [6, 6.07) is 2.69. The van der Waals surface area contributed by atoms with Crippen molar-refractivity contribution >= 4 is 11.9 Å². The van der Waals surface area contributed by atoms with E-state index in [-0.39, 0.29) is 0 Å². The van der Waals surface area contributed by atoms with Crippen LogP contribution in [0.15, 0.2) is 18.2 Å². The van der Waals surface area contributed by atoms with E-state index >= 15 is 0 Å². The first-order chi connectivity index (χ1) is 12.4. The molecule has 6 nitrogen and oxygen atoms in total. The molecular formula is C18H24F3NO5. The normalized spacial score (nSPS) is 13.0. The lowest BCUT2D eigenvalue weighted by Gasteiger charge is -2.27. The maximum Gasteiger partial charge on any atom is 0.391 e. The first-order valence-corrected chi connectivity index (χ1v) is 8.43. The second-order valence-corrected chi connectivity index (χ2v) is 6.34. The minimum absolute atomic E-state index is 0.350. The number of hydrogen-bond donors (Lipinski definition) is 2. The third-order valence-electron chi connectivity index (χ3n) is 3.87. The summed E-state index contributed by atoms with van der Waals surface area (Å²) in [4.78, 5) is 23.6. The topological polar surface area (TPSA) is 84.9 Å². The number of carboxylic acids is 1. The zero-order chi connectivity index (χ0) is 20.8. The Morgan fingerprint density at radius 2 is 1.67 bits per heavy atom. The van der Waals surface area contributed by atoms with Crippen molar-refractivity contribution in [2.45, 2.75) is 51.7 Å². The van der Waals surface area contributed by atoms with E-state index in [1.165, 1.54) is 13.8 Å². The Morgan fingerprint density at radius 3 is 2.15 bits per heavy atom. The Bertz CT molecular complexity index is 673. The lowest BCUT2D eigenvalue weighted by atomic mass is 9.83. The third-order valence-corrected chi connectivity index (χ3v) is 3.87. The molecule has 0 bridgehead atoms. The van der Waals surface area contributed by atoms with Crippen LogP contribution in [0.25, 0.3) is 0 Å². The summed E-state index contributed by atoms with van der Waals surface area (Å²) in [6.07, 6.45) is -6.38. The number of carboxylic acid groups (broad SMARTS) is 1. The number of carbonyl (C=O) groups is 2. The Morgan fingerprint density at radius 1 is 1.11 bits per heavy atom. The van der Waals surface area contributed by atoms with Crippen LogP contribution in [0.1, 0.15) is 39.7 Å². The molecule has 2 N–H and O–H groups in total. The van der Waals surface area contributed by atoms with Gasteiger partial charge in [-0.1, -0.05) is 6.07 Å². The van der Waals surface area contributed by atoms with Crippen molar-refractivity contribution in [3.63, 3.8) is 0 Å². The molecule has 0 heterocycles. The van der Waals surface area contributed by atoms with Crippen LogP contribution in [0.2, 0.25) is 0 Å². The number of alkyl halides is 3. The minimum Gasteiger partial charge on any atom is -0.490 e. The molecule has 0 saturated heterocycles. The molecule has 1 amide bonds. The van der Waals surface area contributed by atoms with Gasteiger partial charge in [0.15, 0.2) is 11.5 Å². The fraction of sp³-hybridized carbons (Fsp3) is 0.556.